The second-order valence-corrected chi connectivity index (χ2v) is 5.18. The number of carboxylic acids is 1. The molecule has 0 aliphatic carbocycles. The van der Waals surface area contributed by atoms with Gasteiger partial charge in [0.15, 0.2) is 5.76 Å². The zero-order valence-corrected chi connectivity index (χ0v) is 11.2. The number of hydrogen-bond donors (Lipinski definition) is 1. The molecule has 2 heterocycles. The molecule has 0 spiro atoms. The summed E-state index contributed by atoms with van der Waals surface area (Å²) in [5.41, 5.74) is 2.99. The number of hydrogen-bond acceptors (Lipinski definition) is 4. The number of fused-ring (bicyclic) bond motifs is 1. The molecule has 2 aromatic rings. The van der Waals surface area contributed by atoms with E-state index >= 15 is 0 Å². The zero-order valence-electron chi connectivity index (χ0n) is 11.2. The number of benzene rings is 1. The van der Waals surface area contributed by atoms with E-state index in [1.54, 1.807) is 0 Å². The summed E-state index contributed by atoms with van der Waals surface area (Å²) in [7, 11) is 0. The van der Waals surface area contributed by atoms with Crippen LogP contribution in [0.15, 0.2) is 34.9 Å². The van der Waals surface area contributed by atoms with Crippen molar-refractivity contribution < 1.29 is 14.4 Å². The van der Waals surface area contributed by atoms with Crippen LogP contribution in [0.1, 0.15) is 17.0 Å². The lowest BCUT2D eigenvalue weighted by atomic mass is 9.92. The molecule has 5 nitrogen and oxygen atoms in total. The average Bonchev–Trinajstić information content (AvgIpc) is 2.84. The van der Waals surface area contributed by atoms with Crippen LogP contribution >= 0.6 is 0 Å². The first-order valence-corrected chi connectivity index (χ1v) is 6.61. The summed E-state index contributed by atoms with van der Waals surface area (Å²) in [4.78, 5) is 13.4. The monoisotopic (exact) mass is 272 g/mol. The van der Waals surface area contributed by atoms with Crippen molar-refractivity contribution in [3.05, 3.63) is 47.3 Å². The number of aryl methyl sites for hydroxylation is 1. The van der Waals surface area contributed by atoms with E-state index in [1.165, 1.54) is 0 Å². The molecule has 0 saturated carbocycles. The molecule has 1 aliphatic rings. The van der Waals surface area contributed by atoms with Crippen LogP contribution in [0.25, 0.3) is 0 Å². The predicted octanol–water partition coefficient (Wildman–Crippen LogP) is 2.25. The molecule has 1 aromatic heterocycles. The molecule has 1 aliphatic heterocycles. The summed E-state index contributed by atoms with van der Waals surface area (Å²) in [5, 5.41) is 13.2. The third-order valence-corrected chi connectivity index (χ3v) is 3.61. The molecule has 1 unspecified atom stereocenters. The SMILES string of the molecule is Cc1cc(CN2CC(C(=O)O)Cc3ccccc32)on1. The molecule has 0 radical (unpaired) electrons. The molecular weight excluding hydrogens is 256 g/mol. The second-order valence-electron chi connectivity index (χ2n) is 5.18. The summed E-state index contributed by atoms with van der Waals surface area (Å²) in [6.45, 7) is 2.91. The van der Waals surface area contributed by atoms with Crippen molar-refractivity contribution in [2.24, 2.45) is 5.92 Å². The van der Waals surface area contributed by atoms with Gasteiger partial charge in [0.1, 0.15) is 0 Å². The maximum atomic E-state index is 11.3. The lowest BCUT2D eigenvalue weighted by Crippen LogP contribution is -2.38. The Labute approximate surface area is 116 Å². The predicted molar refractivity (Wildman–Crippen MR) is 73.6 cm³/mol. The molecule has 0 bridgehead atoms. The number of nitrogens with zero attached hydrogens (tertiary/aromatic N) is 2. The maximum absolute atomic E-state index is 11.3. The quantitative estimate of drug-likeness (QED) is 0.928. The van der Waals surface area contributed by atoms with Crippen molar-refractivity contribution in [3.63, 3.8) is 0 Å². The van der Waals surface area contributed by atoms with Crippen LogP contribution in [0.3, 0.4) is 0 Å². The van der Waals surface area contributed by atoms with E-state index < -0.39 is 5.97 Å². The van der Waals surface area contributed by atoms with Gasteiger partial charge in [-0.25, -0.2) is 0 Å². The minimum atomic E-state index is -0.752. The summed E-state index contributed by atoms with van der Waals surface area (Å²) < 4.78 is 5.24. The molecular formula is C15H16N2O3. The van der Waals surface area contributed by atoms with Crippen LogP contribution in [0.5, 0.6) is 0 Å². The number of carboxylic acid groups (broad SMARTS) is 1. The van der Waals surface area contributed by atoms with Gasteiger partial charge in [-0.05, 0) is 25.0 Å². The fraction of sp³-hybridized carbons (Fsp3) is 0.333. The first-order chi connectivity index (χ1) is 9.63. The van der Waals surface area contributed by atoms with Gasteiger partial charge in [0.05, 0.1) is 18.2 Å². The Morgan fingerprint density at radius 1 is 1.50 bits per heavy atom. The normalized spacial score (nSPS) is 17.9. The lowest BCUT2D eigenvalue weighted by Gasteiger charge is -2.33. The first kappa shape index (κ1) is 12.7. The van der Waals surface area contributed by atoms with Gasteiger partial charge >= 0.3 is 5.97 Å². The van der Waals surface area contributed by atoms with Gasteiger partial charge in [0, 0.05) is 18.3 Å². The van der Waals surface area contributed by atoms with E-state index in [-0.39, 0.29) is 5.92 Å². The van der Waals surface area contributed by atoms with Crippen molar-refractivity contribution in [3.8, 4) is 0 Å². The number of carbonyl (C=O) groups is 1. The Kier molecular flexibility index (Phi) is 3.18. The van der Waals surface area contributed by atoms with Crippen molar-refractivity contribution in [2.45, 2.75) is 19.9 Å². The summed E-state index contributed by atoms with van der Waals surface area (Å²) in [6, 6.07) is 9.81. The largest absolute Gasteiger partial charge is 0.481 e. The highest BCUT2D eigenvalue weighted by atomic mass is 16.5. The van der Waals surface area contributed by atoms with Gasteiger partial charge in [0.25, 0.3) is 0 Å². The summed E-state index contributed by atoms with van der Waals surface area (Å²) >= 11 is 0. The van der Waals surface area contributed by atoms with Crippen LogP contribution in [0.2, 0.25) is 0 Å². The molecule has 5 heteroatoms. The lowest BCUT2D eigenvalue weighted by molar-refractivity contribution is -0.141. The van der Waals surface area contributed by atoms with Gasteiger partial charge in [0.2, 0.25) is 0 Å². The van der Waals surface area contributed by atoms with Crippen LogP contribution in [-0.4, -0.2) is 22.8 Å². The highest BCUT2D eigenvalue weighted by Gasteiger charge is 2.29. The molecule has 104 valence electrons. The van der Waals surface area contributed by atoms with Crippen LogP contribution in [0, 0.1) is 12.8 Å². The van der Waals surface area contributed by atoms with Gasteiger partial charge in [-0.1, -0.05) is 23.4 Å². The van der Waals surface area contributed by atoms with Gasteiger partial charge in [-0.15, -0.1) is 0 Å². The smallest absolute Gasteiger partial charge is 0.308 e. The van der Waals surface area contributed by atoms with Gasteiger partial charge in [-0.2, -0.15) is 0 Å². The van der Waals surface area contributed by atoms with Crippen LogP contribution < -0.4 is 4.90 Å². The fourth-order valence-corrected chi connectivity index (χ4v) is 2.68. The Balaban J connectivity index is 1.90. The van der Waals surface area contributed by atoms with Crippen molar-refractivity contribution in [2.75, 3.05) is 11.4 Å². The highest BCUT2D eigenvalue weighted by Crippen LogP contribution is 2.30. The van der Waals surface area contributed by atoms with E-state index in [4.69, 9.17) is 4.52 Å². The number of para-hydroxylation sites is 1. The molecule has 1 atom stereocenters. The molecule has 0 amide bonds. The van der Waals surface area contributed by atoms with Crippen molar-refractivity contribution in [1.82, 2.24) is 5.16 Å². The third-order valence-electron chi connectivity index (χ3n) is 3.61. The Morgan fingerprint density at radius 2 is 2.30 bits per heavy atom. The maximum Gasteiger partial charge on any atom is 0.308 e. The number of anilines is 1. The standard InChI is InChI=1S/C15H16N2O3/c1-10-6-13(20-16-10)9-17-8-12(15(18)19)7-11-4-2-3-5-14(11)17/h2-6,12H,7-9H2,1H3,(H,18,19). The third kappa shape index (κ3) is 2.39. The van der Waals surface area contributed by atoms with Crippen molar-refractivity contribution >= 4 is 11.7 Å². The topological polar surface area (TPSA) is 66.6 Å². The van der Waals surface area contributed by atoms with E-state index in [1.807, 2.05) is 37.3 Å². The van der Waals surface area contributed by atoms with Gasteiger partial charge in [-0.3, -0.25) is 4.79 Å². The molecule has 0 saturated heterocycles. The second kappa shape index (κ2) is 5.00. The Hall–Kier alpha value is -2.30. The first-order valence-electron chi connectivity index (χ1n) is 6.61. The molecule has 1 aromatic carbocycles. The van der Waals surface area contributed by atoms with E-state index in [9.17, 15) is 9.90 Å². The van der Waals surface area contributed by atoms with Crippen LogP contribution in [0.4, 0.5) is 5.69 Å². The Morgan fingerprint density at radius 3 is 3.00 bits per heavy atom. The van der Waals surface area contributed by atoms with Crippen LogP contribution in [-0.2, 0) is 17.8 Å². The minimum absolute atomic E-state index is 0.381. The molecule has 3 rings (SSSR count). The Bertz CT molecular complexity index is 636. The zero-order chi connectivity index (χ0) is 14.1. The van der Waals surface area contributed by atoms with Gasteiger partial charge < -0.3 is 14.5 Å². The minimum Gasteiger partial charge on any atom is -0.481 e. The number of rotatable bonds is 3. The fourth-order valence-electron chi connectivity index (χ4n) is 2.68. The molecule has 0 fully saturated rings. The average molecular weight is 272 g/mol. The summed E-state index contributed by atoms with van der Waals surface area (Å²) in [5.74, 6) is -0.379. The van der Waals surface area contributed by atoms with E-state index in [0.717, 1.165) is 22.7 Å². The molecule has 20 heavy (non-hydrogen) atoms. The summed E-state index contributed by atoms with van der Waals surface area (Å²) in [6.07, 6.45) is 0.581. The number of aromatic nitrogens is 1. The molecule has 1 N–H and O–H groups in total. The highest BCUT2D eigenvalue weighted by molar-refractivity contribution is 5.73. The van der Waals surface area contributed by atoms with E-state index in [0.29, 0.717) is 19.5 Å². The van der Waals surface area contributed by atoms with E-state index in [2.05, 4.69) is 10.1 Å². The number of aliphatic carboxylic acids is 1. The van der Waals surface area contributed by atoms with Crippen molar-refractivity contribution in [1.29, 1.82) is 0 Å².